The third-order valence-corrected chi connectivity index (χ3v) is 18.1. The molecule has 0 spiro atoms. The van der Waals surface area contributed by atoms with Crippen LogP contribution < -0.4 is 0 Å². The van der Waals surface area contributed by atoms with Crippen molar-refractivity contribution in [1.82, 2.24) is 0 Å². The van der Waals surface area contributed by atoms with Gasteiger partial charge in [0.15, 0.2) is 12.2 Å². The van der Waals surface area contributed by atoms with E-state index in [1.54, 1.807) is 0 Å². The van der Waals surface area contributed by atoms with Crippen LogP contribution >= 0.6 is 15.6 Å². The van der Waals surface area contributed by atoms with Crippen LogP contribution in [0.2, 0.25) is 0 Å². The molecule has 0 rings (SSSR count). The minimum absolute atomic E-state index is 0.0855. The molecule has 5 unspecified atom stereocenters. The van der Waals surface area contributed by atoms with Crippen LogP contribution in [0.1, 0.15) is 336 Å². The fraction of sp³-hybridized carbons (Fsp3) is 0.792. The first-order valence-electron chi connectivity index (χ1n) is 38.2. The van der Waals surface area contributed by atoms with E-state index in [-0.39, 0.29) is 25.7 Å². The van der Waals surface area contributed by atoms with Crippen molar-refractivity contribution in [1.29, 1.82) is 0 Å². The number of hydrogen-bond acceptors (Lipinski definition) is 15. The van der Waals surface area contributed by atoms with E-state index in [1.165, 1.54) is 116 Å². The number of aliphatic hydroxyl groups is 1. The first-order valence-corrected chi connectivity index (χ1v) is 41.2. The van der Waals surface area contributed by atoms with Gasteiger partial charge in [-0.3, -0.25) is 37.3 Å². The van der Waals surface area contributed by atoms with E-state index < -0.39 is 97.5 Å². The summed E-state index contributed by atoms with van der Waals surface area (Å²) < 4.78 is 68.4. The Morgan fingerprint density at radius 3 is 0.875 bits per heavy atom. The Morgan fingerprint density at radius 2 is 0.542 bits per heavy atom. The van der Waals surface area contributed by atoms with Crippen LogP contribution in [-0.2, 0) is 65.4 Å². The van der Waals surface area contributed by atoms with Crippen LogP contribution in [0.15, 0.2) is 72.9 Å². The van der Waals surface area contributed by atoms with Gasteiger partial charge in [-0.2, -0.15) is 0 Å². The Labute approximate surface area is 583 Å². The molecule has 0 aromatic heterocycles. The predicted molar refractivity (Wildman–Crippen MR) is 390 cm³/mol. The summed E-state index contributed by atoms with van der Waals surface area (Å²) in [6.45, 7) is 4.71. The largest absolute Gasteiger partial charge is 0.472 e. The lowest BCUT2D eigenvalue weighted by Gasteiger charge is -2.21. The highest BCUT2D eigenvalue weighted by molar-refractivity contribution is 7.47. The van der Waals surface area contributed by atoms with Crippen LogP contribution in [0.5, 0.6) is 0 Å². The second-order valence-electron chi connectivity index (χ2n) is 25.6. The van der Waals surface area contributed by atoms with Crippen molar-refractivity contribution in [3.05, 3.63) is 72.9 Å². The highest BCUT2D eigenvalue weighted by Crippen LogP contribution is 2.45. The molecule has 5 atom stereocenters. The third kappa shape index (κ3) is 69.0. The highest BCUT2D eigenvalue weighted by Gasteiger charge is 2.30. The summed E-state index contributed by atoms with van der Waals surface area (Å²) in [7, 11) is -9.95. The Kier molecular flexibility index (Phi) is 67.4. The van der Waals surface area contributed by atoms with Gasteiger partial charge in [0.2, 0.25) is 0 Å². The van der Waals surface area contributed by atoms with Gasteiger partial charge in [-0.15, -0.1) is 0 Å². The second-order valence-corrected chi connectivity index (χ2v) is 28.5. The van der Waals surface area contributed by atoms with Crippen LogP contribution in [0.25, 0.3) is 0 Å². The van der Waals surface area contributed by atoms with Gasteiger partial charge in [-0.1, -0.05) is 268 Å². The van der Waals surface area contributed by atoms with E-state index in [0.717, 1.165) is 141 Å². The van der Waals surface area contributed by atoms with Gasteiger partial charge in [0.05, 0.1) is 26.4 Å². The van der Waals surface area contributed by atoms with Crippen LogP contribution in [-0.4, -0.2) is 96.7 Å². The second kappa shape index (κ2) is 70.0. The van der Waals surface area contributed by atoms with Crippen molar-refractivity contribution >= 4 is 39.5 Å². The summed E-state index contributed by atoms with van der Waals surface area (Å²) in [5.74, 6) is -2.22. The summed E-state index contributed by atoms with van der Waals surface area (Å²) >= 11 is 0. The molecule has 0 fully saturated rings. The molecule has 0 aliphatic carbocycles. The monoisotopic (exact) mass is 1400 g/mol. The number of ether oxygens (including phenoxy) is 4. The molecule has 17 nitrogen and oxygen atoms in total. The van der Waals surface area contributed by atoms with Crippen molar-refractivity contribution in [3.63, 3.8) is 0 Å². The fourth-order valence-corrected chi connectivity index (χ4v) is 11.9. The number of esters is 4. The molecule has 96 heavy (non-hydrogen) atoms. The summed E-state index contributed by atoms with van der Waals surface area (Å²) in [6, 6.07) is 0. The molecular formula is C77H138O17P2. The van der Waals surface area contributed by atoms with E-state index in [4.69, 9.17) is 37.0 Å². The van der Waals surface area contributed by atoms with E-state index in [1.807, 2.05) is 0 Å². The summed E-state index contributed by atoms with van der Waals surface area (Å²) in [5, 5.41) is 10.6. The normalized spacial score (nSPS) is 14.4. The van der Waals surface area contributed by atoms with E-state index >= 15 is 0 Å². The van der Waals surface area contributed by atoms with Gasteiger partial charge >= 0.3 is 39.5 Å². The van der Waals surface area contributed by atoms with E-state index in [0.29, 0.717) is 25.7 Å². The zero-order valence-corrected chi connectivity index (χ0v) is 62.6. The average molecular weight is 1400 g/mol. The molecule has 0 aliphatic heterocycles. The topological polar surface area (TPSA) is 237 Å². The van der Waals surface area contributed by atoms with Crippen molar-refractivity contribution in [2.75, 3.05) is 39.6 Å². The Hall–Kier alpha value is -3.50. The van der Waals surface area contributed by atoms with Gasteiger partial charge in [0.25, 0.3) is 0 Å². The molecule has 0 saturated heterocycles. The predicted octanol–water partition coefficient (Wildman–Crippen LogP) is 21.7. The molecule has 0 radical (unpaired) electrons. The molecule has 19 heteroatoms. The lowest BCUT2D eigenvalue weighted by atomic mass is 10.0. The fourth-order valence-electron chi connectivity index (χ4n) is 10.3. The van der Waals surface area contributed by atoms with Crippen LogP contribution in [0, 0.1) is 0 Å². The number of carbonyl (C=O) groups is 4. The Balaban J connectivity index is 5.36. The van der Waals surface area contributed by atoms with Crippen molar-refractivity contribution < 1.29 is 80.2 Å². The summed E-state index contributed by atoms with van der Waals surface area (Å²) in [6.07, 6.45) is 68.9. The molecule has 0 aliphatic rings. The van der Waals surface area contributed by atoms with Gasteiger partial charge in [0, 0.05) is 25.7 Å². The molecule has 0 aromatic carbocycles. The molecule has 3 N–H and O–H groups in total. The van der Waals surface area contributed by atoms with Gasteiger partial charge < -0.3 is 33.8 Å². The van der Waals surface area contributed by atoms with E-state index in [9.17, 15) is 43.2 Å². The Bertz CT molecular complexity index is 2110. The number of phosphoric ester groups is 2. The molecular weight excluding hydrogens is 1260 g/mol. The number of rotatable bonds is 72. The molecule has 0 aromatic rings. The summed E-state index contributed by atoms with van der Waals surface area (Å²) in [5.41, 5.74) is 0. The molecule has 558 valence electrons. The number of phosphoric acid groups is 2. The third-order valence-electron chi connectivity index (χ3n) is 16.2. The number of unbranched alkanes of at least 4 members (excludes halogenated alkanes) is 34. The maximum atomic E-state index is 13.1. The molecule has 0 heterocycles. The van der Waals surface area contributed by atoms with Crippen LogP contribution in [0.3, 0.4) is 0 Å². The van der Waals surface area contributed by atoms with Gasteiger partial charge in [0.1, 0.15) is 19.3 Å². The zero-order chi connectivity index (χ0) is 70.4. The number of hydrogen-bond donors (Lipinski definition) is 3. The lowest BCUT2D eigenvalue weighted by molar-refractivity contribution is -0.161. The first kappa shape index (κ1) is 92.5. The average Bonchev–Trinajstić information content (AvgIpc) is 1.36. The summed E-state index contributed by atoms with van der Waals surface area (Å²) in [4.78, 5) is 72.8. The zero-order valence-electron chi connectivity index (χ0n) is 60.8. The maximum Gasteiger partial charge on any atom is 0.472 e. The molecule has 0 amide bonds. The number of aliphatic hydroxyl groups excluding tert-OH is 1. The smallest absolute Gasteiger partial charge is 0.462 e. The first-order chi connectivity index (χ1) is 46.7. The quantitative estimate of drug-likeness (QED) is 0.0169. The lowest BCUT2D eigenvalue weighted by Crippen LogP contribution is -2.30. The van der Waals surface area contributed by atoms with Crippen molar-refractivity contribution in [2.24, 2.45) is 0 Å². The van der Waals surface area contributed by atoms with Crippen molar-refractivity contribution in [2.45, 2.75) is 354 Å². The molecule has 0 saturated carbocycles. The van der Waals surface area contributed by atoms with Crippen molar-refractivity contribution in [3.8, 4) is 0 Å². The SMILES string of the molecule is CC/C=C\C/C=C\C/C=C\C/C=C\CCCCC(=O)OCC(COP(=O)(O)OCC(O)COP(=O)(O)OCC(COC(=O)CCCCCCC/C=C\CCCCCC)OC(=O)CCCCCCC/C=C\CCCCCC)OC(=O)CCCCCCCCCCCCCCCCC. The number of carbonyl (C=O) groups excluding carboxylic acids is 4. The minimum atomic E-state index is -4.98. The highest BCUT2D eigenvalue weighted by atomic mass is 31.2. The van der Waals surface area contributed by atoms with Crippen LogP contribution in [0.4, 0.5) is 0 Å². The van der Waals surface area contributed by atoms with Gasteiger partial charge in [-0.05, 0) is 116 Å². The van der Waals surface area contributed by atoms with E-state index in [2.05, 4.69) is 101 Å². The maximum absolute atomic E-state index is 13.1. The molecule has 0 bridgehead atoms. The number of allylic oxidation sites excluding steroid dienone is 12. The van der Waals surface area contributed by atoms with Gasteiger partial charge in [-0.25, -0.2) is 9.13 Å². The minimum Gasteiger partial charge on any atom is -0.462 e. The Morgan fingerprint density at radius 1 is 0.302 bits per heavy atom. The standard InChI is InChI=1S/C77H138O17P2/c1-5-9-13-17-21-25-29-33-35-39-42-46-50-54-58-62-75(80)88-68-73(94-77(82)64-60-56-52-48-44-40-36-34-30-26-22-18-14-10-6-2)70-92-96(85,86)90-66-71(78)65-89-95(83,84)91-69-72(93-76(81)63-59-55-51-47-43-38-32-28-24-20-16-12-8-4)67-87-74(79)61-57-53-49-45-41-37-31-27-23-19-15-11-7-3/h9,13,21,25,27-28,31-33,35,42,46,71-73,78H,5-8,10-12,14-20,22-24,26,29-30,34,36-41,43-45,47-70H2,1-4H3,(H,83,84)(H,85,86)/b13-9-,25-21-,31-27-,32-28-,35-33-,46-42-.